The molecule has 0 bridgehead atoms. The Labute approximate surface area is 127 Å². The van der Waals surface area contributed by atoms with E-state index in [2.05, 4.69) is 15.3 Å². The van der Waals surface area contributed by atoms with Crippen LogP contribution < -0.4 is 11.1 Å². The standard InChI is InChI=1S/C15H15ClN4O/c16-10-3-1-2-9(6-10)11-7-12(11)15(21)19-8-14-18-5-4-13(17)20-14/h1-6,11-12H,7-8H2,(H,19,21)(H2,17,18,20)/t11-,12-/m1/s1. The molecule has 1 aromatic carbocycles. The number of carbonyl (C=O) groups is 1. The summed E-state index contributed by atoms with van der Waals surface area (Å²) in [5.74, 6) is 1.20. The van der Waals surface area contributed by atoms with Gasteiger partial charge in [-0.25, -0.2) is 9.97 Å². The predicted octanol–water partition coefficient (Wildman–Crippen LogP) is 2.13. The quantitative estimate of drug-likeness (QED) is 0.906. The zero-order valence-corrected chi connectivity index (χ0v) is 12.0. The number of anilines is 1. The molecule has 2 atom stereocenters. The summed E-state index contributed by atoms with van der Waals surface area (Å²) in [6.07, 6.45) is 2.43. The Morgan fingerprint density at radius 3 is 3.05 bits per heavy atom. The van der Waals surface area contributed by atoms with Crippen molar-refractivity contribution in [2.75, 3.05) is 5.73 Å². The molecule has 0 aliphatic heterocycles. The van der Waals surface area contributed by atoms with Crippen LogP contribution in [0.1, 0.15) is 23.7 Å². The Kier molecular flexibility index (Phi) is 3.75. The maximum Gasteiger partial charge on any atom is 0.224 e. The normalized spacial score (nSPS) is 20.0. The van der Waals surface area contributed by atoms with Crippen LogP contribution in [0.2, 0.25) is 5.02 Å². The number of rotatable bonds is 4. The number of nitrogens with zero attached hydrogens (tertiary/aromatic N) is 2. The molecule has 0 saturated heterocycles. The van der Waals surface area contributed by atoms with E-state index in [9.17, 15) is 4.79 Å². The Bertz CT molecular complexity index is 676. The number of nitrogens with one attached hydrogen (secondary N) is 1. The summed E-state index contributed by atoms with van der Waals surface area (Å²) in [6.45, 7) is 0.294. The minimum Gasteiger partial charge on any atom is -0.384 e. The first-order valence-corrected chi connectivity index (χ1v) is 7.12. The summed E-state index contributed by atoms with van der Waals surface area (Å²) in [6, 6.07) is 9.28. The van der Waals surface area contributed by atoms with Crippen LogP contribution in [0.15, 0.2) is 36.5 Å². The topological polar surface area (TPSA) is 80.9 Å². The average molecular weight is 303 g/mol. The van der Waals surface area contributed by atoms with Gasteiger partial charge in [-0.1, -0.05) is 23.7 Å². The van der Waals surface area contributed by atoms with Crippen LogP contribution in [0.3, 0.4) is 0 Å². The molecule has 1 aliphatic carbocycles. The molecule has 1 saturated carbocycles. The third kappa shape index (κ3) is 3.31. The van der Waals surface area contributed by atoms with Crippen molar-refractivity contribution in [3.8, 4) is 0 Å². The van der Waals surface area contributed by atoms with Gasteiger partial charge < -0.3 is 11.1 Å². The Morgan fingerprint density at radius 2 is 2.29 bits per heavy atom. The number of halogens is 1. The van der Waals surface area contributed by atoms with E-state index in [0.29, 0.717) is 23.2 Å². The molecule has 6 heteroatoms. The maximum absolute atomic E-state index is 12.1. The van der Waals surface area contributed by atoms with Gasteiger partial charge in [0.2, 0.25) is 5.91 Å². The van der Waals surface area contributed by atoms with Crippen molar-refractivity contribution in [2.24, 2.45) is 5.92 Å². The van der Waals surface area contributed by atoms with Gasteiger partial charge in [0.15, 0.2) is 0 Å². The second kappa shape index (κ2) is 5.69. The van der Waals surface area contributed by atoms with Crippen LogP contribution in [-0.2, 0) is 11.3 Å². The molecular weight excluding hydrogens is 288 g/mol. The Balaban J connectivity index is 1.56. The fraction of sp³-hybridized carbons (Fsp3) is 0.267. The van der Waals surface area contributed by atoms with E-state index in [-0.39, 0.29) is 17.7 Å². The van der Waals surface area contributed by atoms with Crippen LogP contribution in [-0.4, -0.2) is 15.9 Å². The number of hydrogen-bond acceptors (Lipinski definition) is 4. The average Bonchev–Trinajstić information content (AvgIpc) is 3.25. The van der Waals surface area contributed by atoms with Gasteiger partial charge in [0, 0.05) is 17.1 Å². The van der Waals surface area contributed by atoms with Gasteiger partial charge >= 0.3 is 0 Å². The molecule has 2 aromatic rings. The lowest BCUT2D eigenvalue weighted by atomic mass is 10.1. The van der Waals surface area contributed by atoms with Crippen molar-refractivity contribution in [1.29, 1.82) is 0 Å². The van der Waals surface area contributed by atoms with E-state index >= 15 is 0 Å². The highest BCUT2D eigenvalue weighted by atomic mass is 35.5. The smallest absolute Gasteiger partial charge is 0.224 e. The van der Waals surface area contributed by atoms with Crippen molar-refractivity contribution in [2.45, 2.75) is 18.9 Å². The number of carbonyl (C=O) groups excluding carboxylic acids is 1. The molecule has 3 rings (SSSR count). The van der Waals surface area contributed by atoms with Crippen LogP contribution in [0.5, 0.6) is 0 Å². The fourth-order valence-electron chi connectivity index (χ4n) is 2.39. The predicted molar refractivity (Wildman–Crippen MR) is 80.6 cm³/mol. The molecule has 1 fully saturated rings. The minimum atomic E-state index is 0.00419. The van der Waals surface area contributed by atoms with Gasteiger partial charge in [-0.15, -0.1) is 0 Å². The maximum atomic E-state index is 12.1. The fourth-order valence-corrected chi connectivity index (χ4v) is 2.59. The highest BCUT2D eigenvalue weighted by Gasteiger charge is 2.43. The third-order valence-corrected chi connectivity index (χ3v) is 3.79. The van der Waals surface area contributed by atoms with Gasteiger partial charge in [0.1, 0.15) is 11.6 Å². The van der Waals surface area contributed by atoms with E-state index in [0.717, 1.165) is 12.0 Å². The molecule has 1 amide bonds. The van der Waals surface area contributed by atoms with Crippen molar-refractivity contribution in [3.63, 3.8) is 0 Å². The molecule has 0 unspecified atom stereocenters. The summed E-state index contributed by atoms with van der Waals surface area (Å²) in [5, 5.41) is 3.55. The van der Waals surface area contributed by atoms with Crippen molar-refractivity contribution < 1.29 is 4.79 Å². The first kappa shape index (κ1) is 13.8. The number of aromatic nitrogens is 2. The zero-order chi connectivity index (χ0) is 14.8. The molecule has 1 aliphatic rings. The van der Waals surface area contributed by atoms with E-state index in [1.165, 1.54) is 0 Å². The second-order valence-electron chi connectivity index (χ2n) is 5.12. The first-order valence-electron chi connectivity index (χ1n) is 6.74. The lowest BCUT2D eigenvalue weighted by molar-refractivity contribution is -0.122. The lowest BCUT2D eigenvalue weighted by Gasteiger charge is -2.05. The van der Waals surface area contributed by atoms with Crippen molar-refractivity contribution in [1.82, 2.24) is 15.3 Å². The van der Waals surface area contributed by atoms with Gasteiger partial charge in [-0.3, -0.25) is 4.79 Å². The van der Waals surface area contributed by atoms with Gasteiger partial charge in [0.25, 0.3) is 0 Å². The number of nitrogen functional groups attached to an aromatic ring is 1. The summed E-state index contributed by atoms with van der Waals surface area (Å²) in [5.41, 5.74) is 6.69. The van der Waals surface area contributed by atoms with E-state index in [4.69, 9.17) is 17.3 Å². The first-order chi connectivity index (χ1) is 10.1. The molecule has 5 nitrogen and oxygen atoms in total. The zero-order valence-electron chi connectivity index (χ0n) is 11.3. The van der Waals surface area contributed by atoms with E-state index in [1.807, 2.05) is 24.3 Å². The number of benzene rings is 1. The molecule has 108 valence electrons. The summed E-state index contributed by atoms with van der Waals surface area (Å²) >= 11 is 5.97. The van der Waals surface area contributed by atoms with Crippen LogP contribution in [0, 0.1) is 5.92 Å². The highest BCUT2D eigenvalue weighted by molar-refractivity contribution is 6.30. The largest absolute Gasteiger partial charge is 0.384 e. The molecule has 0 radical (unpaired) electrons. The SMILES string of the molecule is Nc1ccnc(CNC(=O)[C@@H]2C[C@@H]2c2cccc(Cl)c2)n1. The lowest BCUT2D eigenvalue weighted by Crippen LogP contribution is -2.26. The molecule has 3 N–H and O–H groups in total. The van der Waals surface area contributed by atoms with Gasteiger partial charge in [0.05, 0.1) is 6.54 Å². The minimum absolute atomic E-state index is 0.00419. The summed E-state index contributed by atoms with van der Waals surface area (Å²) in [7, 11) is 0. The van der Waals surface area contributed by atoms with E-state index < -0.39 is 0 Å². The van der Waals surface area contributed by atoms with E-state index in [1.54, 1.807) is 12.3 Å². The van der Waals surface area contributed by atoms with Crippen LogP contribution in [0.4, 0.5) is 5.82 Å². The van der Waals surface area contributed by atoms with Gasteiger partial charge in [-0.2, -0.15) is 0 Å². The molecule has 1 heterocycles. The van der Waals surface area contributed by atoms with Crippen LogP contribution in [0.25, 0.3) is 0 Å². The van der Waals surface area contributed by atoms with Crippen molar-refractivity contribution >= 4 is 23.3 Å². The Hall–Kier alpha value is -2.14. The molecule has 0 spiro atoms. The summed E-state index contributed by atoms with van der Waals surface area (Å²) in [4.78, 5) is 20.2. The monoisotopic (exact) mass is 302 g/mol. The van der Waals surface area contributed by atoms with Crippen LogP contribution >= 0.6 is 11.6 Å². The number of nitrogens with two attached hydrogens (primary N) is 1. The highest BCUT2D eigenvalue weighted by Crippen LogP contribution is 2.47. The number of amides is 1. The molecule has 1 aromatic heterocycles. The van der Waals surface area contributed by atoms with Gasteiger partial charge in [-0.05, 0) is 36.1 Å². The summed E-state index contributed by atoms with van der Waals surface area (Å²) < 4.78 is 0. The number of hydrogen-bond donors (Lipinski definition) is 2. The third-order valence-electron chi connectivity index (χ3n) is 3.55. The van der Waals surface area contributed by atoms with Crippen molar-refractivity contribution in [3.05, 3.63) is 52.9 Å². The second-order valence-corrected chi connectivity index (χ2v) is 5.56. The Morgan fingerprint density at radius 1 is 1.43 bits per heavy atom. The molecular formula is C15H15ClN4O. The molecule has 21 heavy (non-hydrogen) atoms.